The summed E-state index contributed by atoms with van der Waals surface area (Å²) in [5.41, 5.74) is 0. The van der Waals surface area contributed by atoms with E-state index >= 15 is 0 Å². The zero-order valence-corrected chi connectivity index (χ0v) is 5.68. The van der Waals surface area contributed by atoms with Gasteiger partial charge in [-0.25, -0.2) is 20.4 Å². The van der Waals surface area contributed by atoms with E-state index < -0.39 is 0 Å². The first-order valence-corrected chi connectivity index (χ1v) is 2.43. The number of aliphatic hydroxyl groups is 1. The van der Waals surface area contributed by atoms with Gasteiger partial charge in [-0.05, 0) is 6.42 Å². The Hall–Kier alpha value is -1.28. The van der Waals surface area contributed by atoms with Gasteiger partial charge in [-0.2, -0.15) is 0 Å². The summed E-state index contributed by atoms with van der Waals surface area (Å²) in [5.74, 6) is 0. The maximum Gasteiger partial charge on any atom is 0.231 e. The van der Waals surface area contributed by atoms with Crippen LogP contribution in [0.3, 0.4) is 0 Å². The normalized spacial score (nSPS) is 4.60. The van der Waals surface area contributed by atoms with Gasteiger partial charge in [-0.15, -0.1) is 0 Å². The van der Waals surface area contributed by atoms with Crippen LogP contribution in [0.2, 0.25) is 0 Å². The van der Waals surface area contributed by atoms with Crippen molar-refractivity contribution in [3.63, 3.8) is 0 Å². The molecule has 0 heterocycles. The first-order chi connectivity index (χ1) is 4.74. The molecule has 0 aromatic rings. The minimum atomic E-state index is 0.319. The Bertz CT molecular complexity index is 87.5. The molecule has 0 aliphatic rings. The molecule has 0 fully saturated rings. The minimum absolute atomic E-state index is 0.319. The number of nitrogens with one attached hydrogen (secondary N) is 2. The van der Waals surface area contributed by atoms with Gasteiger partial charge >= 0.3 is 0 Å². The van der Waals surface area contributed by atoms with Crippen LogP contribution in [0.5, 0.6) is 0 Å². The minimum Gasteiger partial charge on any atom is -0.396 e. The third kappa shape index (κ3) is 2800. The lowest BCUT2D eigenvalue weighted by atomic mass is 10.5. The Balaban J connectivity index is -0.0000000750. The van der Waals surface area contributed by atoms with Crippen LogP contribution in [0, 0.1) is 10.8 Å². The van der Waals surface area contributed by atoms with Gasteiger partial charge in [0.2, 0.25) is 12.2 Å². The molecule has 0 atom stereocenters. The van der Waals surface area contributed by atoms with Gasteiger partial charge in [0.25, 0.3) is 0 Å². The molecule has 0 saturated carbocycles. The first-order valence-electron chi connectivity index (χ1n) is 2.43. The van der Waals surface area contributed by atoms with Crippen LogP contribution in [-0.4, -0.2) is 23.9 Å². The van der Waals surface area contributed by atoms with E-state index in [4.69, 9.17) is 25.5 Å². The van der Waals surface area contributed by atoms with Crippen LogP contribution >= 0.6 is 0 Å². The largest absolute Gasteiger partial charge is 0.396 e. The number of carbonyl (C=O) groups excluding carboxylic acids is 2. The fraction of sp³-hybridized carbons (Fsp3) is 0.600. The average molecular weight is 146 g/mol. The number of hydrogen-bond donors (Lipinski definition) is 3. The van der Waals surface area contributed by atoms with Crippen molar-refractivity contribution in [1.29, 1.82) is 10.8 Å². The highest BCUT2D eigenvalue weighted by molar-refractivity contribution is 5.26. The van der Waals surface area contributed by atoms with E-state index in [0.717, 1.165) is 18.6 Å². The third-order valence-corrected chi connectivity index (χ3v) is 0.224. The van der Waals surface area contributed by atoms with Gasteiger partial charge in [0.1, 0.15) is 0 Å². The van der Waals surface area contributed by atoms with Crippen LogP contribution in [0.25, 0.3) is 0 Å². The van der Waals surface area contributed by atoms with Crippen LogP contribution in [0.15, 0.2) is 0 Å². The molecule has 0 amide bonds. The van der Waals surface area contributed by atoms with Crippen molar-refractivity contribution >= 4 is 12.2 Å². The molecule has 5 nitrogen and oxygen atoms in total. The van der Waals surface area contributed by atoms with E-state index in [-0.39, 0.29) is 0 Å². The lowest BCUT2D eigenvalue weighted by molar-refractivity contribution is 0.295. The zero-order chi connectivity index (χ0) is 8.83. The van der Waals surface area contributed by atoms with E-state index in [1.165, 1.54) is 0 Å². The second-order valence-corrected chi connectivity index (χ2v) is 0.928. The molecule has 0 unspecified atom stereocenters. The summed E-state index contributed by atoms with van der Waals surface area (Å²) in [4.78, 5) is 16.7. The summed E-state index contributed by atoms with van der Waals surface area (Å²) in [5, 5.41) is 18.7. The second-order valence-electron chi connectivity index (χ2n) is 0.928. The van der Waals surface area contributed by atoms with Crippen LogP contribution in [-0.2, 0) is 9.59 Å². The fourth-order valence-electron chi connectivity index (χ4n) is 0. The van der Waals surface area contributed by atoms with E-state index in [9.17, 15) is 0 Å². The summed E-state index contributed by atoms with van der Waals surface area (Å²) in [6.45, 7) is 2.25. The van der Waals surface area contributed by atoms with E-state index in [1.807, 2.05) is 6.92 Å². The second kappa shape index (κ2) is 47.1. The van der Waals surface area contributed by atoms with E-state index in [0.29, 0.717) is 6.61 Å². The predicted molar refractivity (Wildman–Crippen MR) is 34.2 cm³/mol. The van der Waals surface area contributed by atoms with Crippen molar-refractivity contribution < 1.29 is 14.7 Å². The molecule has 0 aliphatic carbocycles. The highest BCUT2D eigenvalue weighted by Crippen LogP contribution is 1.61. The van der Waals surface area contributed by atoms with E-state index in [1.54, 1.807) is 0 Å². The van der Waals surface area contributed by atoms with Crippen LogP contribution in [0.4, 0.5) is 0 Å². The summed E-state index contributed by atoms with van der Waals surface area (Å²) >= 11 is 0. The Morgan fingerprint density at radius 1 is 1.30 bits per heavy atom. The van der Waals surface area contributed by atoms with Crippen molar-refractivity contribution in [3.8, 4) is 0 Å². The maximum atomic E-state index is 8.35. The third-order valence-electron chi connectivity index (χ3n) is 0.224. The molecule has 0 radical (unpaired) electrons. The first kappa shape index (κ1) is 15.9. The number of hydrogen-bond acceptors (Lipinski definition) is 5. The molecule has 0 aromatic heterocycles. The maximum absolute atomic E-state index is 8.35. The Kier molecular flexibility index (Phi) is 74.8. The molecule has 58 valence electrons. The molecule has 3 N–H and O–H groups in total. The van der Waals surface area contributed by atoms with Gasteiger partial charge in [0.05, 0.1) is 0 Å². The van der Waals surface area contributed by atoms with Crippen LogP contribution in [0.1, 0.15) is 13.3 Å². The summed E-state index contributed by atoms with van der Waals surface area (Å²) in [6, 6.07) is 0. The standard InChI is InChI=1S/C3H8O.2CHNO/c1-2-3-4;2*2-1-3/h4H,2-3H2,1H3;2*2H. The topological polar surface area (TPSA) is 102 Å². The van der Waals surface area contributed by atoms with Crippen molar-refractivity contribution in [2.45, 2.75) is 13.3 Å². The summed E-state index contributed by atoms with van der Waals surface area (Å²) in [7, 11) is 0. The smallest absolute Gasteiger partial charge is 0.231 e. The van der Waals surface area contributed by atoms with Crippen molar-refractivity contribution in [1.82, 2.24) is 0 Å². The molecule has 0 aliphatic heterocycles. The fourth-order valence-corrected chi connectivity index (χ4v) is 0. The Morgan fingerprint density at radius 3 is 1.40 bits per heavy atom. The molecular formula is C5H10N2O3. The molecule has 0 spiro atoms. The van der Waals surface area contributed by atoms with Gasteiger partial charge in [-0.1, -0.05) is 6.92 Å². The van der Waals surface area contributed by atoms with Crippen molar-refractivity contribution in [2.24, 2.45) is 0 Å². The highest BCUT2D eigenvalue weighted by Gasteiger charge is 1.57. The quantitative estimate of drug-likeness (QED) is 0.363. The molecule has 0 rings (SSSR count). The van der Waals surface area contributed by atoms with Gasteiger partial charge in [0, 0.05) is 6.61 Å². The van der Waals surface area contributed by atoms with E-state index in [2.05, 4.69) is 0 Å². The molecule has 0 bridgehead atoms. The molecule has 0 saturated heterocycles. The Morgan fingerprint density at radius 2 is 1.40 bits per heavy atom. The Labute approximate surface area is 58.7 Å². The van der Waals surface area contributed by atoms with Gasteiger partial charge in [0.15, 0.2) is 0 Å². The van der Waals surface area contributed by atoms with Gasteiger partial charge < -0.3 is 5.11 Å². The molecular weight excluding hydrogens is 136 g/mol. The average Bonchev–Trinajstić information content (AvgIpc) is 1.91. The lowest BCUT2D eigenvalue weighted by Crippen LogP contribution is -1.69. The predicted octanol–water partition coefficient (Wildman–Crippen LogP) is 0.191. The van der Waals surface area contributed by atoms with Gasteiger partial charge in [-0.3, -0.25) is 0 Å². The summed E-state index contributed by atoms with van der Waals surface area (Å²) < 4.78 is 0. The molecule has 10 heavy (non-hydrogen) atoms. The summed E-state index contributed by atoms with van der Waals surface area (Å²) in [6.07, 6.45) is 2.38. The number of rotatable bonds is 1. The monoisotopic (exact) mass is 146 g/mol. The highest BCUT2D eigenvalue weighted by atomic mass is 16.2. The molecule has 0 aromatic carbocycles. The number of aliphatic hydroxyl groups excluding tert-OH is 1. The number of isocyanates is 2. The van der Waals surface area contributed by atoms with Crippen molar-refractivity contribution in [2.75, 3.05) is 6.61 Å². The zero-order valence-electron chi connectivity index (χ0n) is 5.68. The SMILES string of the molecule is CCCO.N=C=O.N=C=O. The lowest BCUT2D eigenvalue weighted by Gasteiger charge is -1.69. The molecule has 5 heteroatoms. The van der Waals surface area contributed by atoms with Crippen LogP contribution < -0.4 is 0 Å². The van der Waals surface area contributed by atoms with Crippen molar-refractivity contribution in [3.05, 3.63) is 0 Å².